The summed E-state index contributed by atoms with van der Waals surface area (Å²) in [5.41, 5.74) is 4.87. The molecule has 0 rings (SSSR count). The first-order valence-corrected chi connectivity index (χ1v) is 6.24. The number of carbonyl (C=O) groups is 3. The fraction of sp³-hybridized carbons (Fsp3) is 0.727. The predicted octanol–water partition coefficient (Wildman–Crippen LogP) is 0.737. The molecule has 0 aliphatic rings. The largest absolute Gasteiger partial charge is 0.480 e. The third-order valence-corrected chi connectivity index (χ3v) is 2.46. The van der Waals surface area contributed by atoms with Crippen LogP contribution in [0.1, 0.15) is 32.1 Å². The molecule has 1 atom stereocenters. The van der Waals surface area contributed by atoms with Crippen molar-refractivity contribution in [2.45, 2.75) is 44.3 Å². The predicted molar refractivity (Wildman–Crippen MR) is 66.3 cm³/mol. The van der Waals surface area contributed by atoms with Gasteiger partial charge in [0, 0.05) is 19.4 Å². The topological polar surface area (TPSA) is 122 Å². The maximum Gasteiger partial charge on any atom is 0.389 e. The van der Waals surface area contributed by atoms with Gasteiger partial charge < -0.3 is 21.5 Å². The van der Waals surface area contributed by atoms with Gasteiger partial charge >= 0.3 is 18.2 Å². The Kier molecular flexibility index (Phi) is 8.17. The highest BCUT2D eigenvalue weighted by Gasteiger charge is 2.26. The van der Waals surface area contributed by atoms with E-state index in [0.717, 1.165) is 0 Å². The number of nitrogens with one attached hydrogen (secondary N) is 2. The summed E-state index contributed by atoms with van der Waals surface area (Å²) in [6, 6.07) is -2.11. The minimum Gasteiger partial charge on any atom is -0.480 e. The van der Waals surface area contributed by atoms with E-state index in [1.165, 1.54) is 0 Å². The summed E-state index contributed by atoms with van der Waals surface area (Å²) in [5.74, 6) is -2.03. The number of carbonyl (C=O) groups excluding carboxylic acids is 2. The van der Waals surface area contributed by atoms with Gasteiger partial charge in [-0.05, 0) is 19.3 Å². The number of alkyl halides is 3. The maximum absolute atomic E-state index is 11.8. The molecule has 0 bridgehead atoms. The summed E-state index contributed by atoms with van der Waals surface area (Å²) in [4.78, 5) is 32.7. The average molecular weight is 313 g/mol. The number of primary amides is 1. The summed E-state index contributed by atoms with van der Waals surface area (Å²) in [7, 11) is 0. The smallest absolute Gasteiger partial charge is 0.389 e. The number of amides is 3. The molecule has 0 saturated heterocycles. The number of halogens is 3. The summed E-state index contributed by atoms with van der Waals surface area (Å²) >= 11 is 0. The lowest BCUT2D eigenvalue weighted by molar-refractivity contribution is -0.139. The lowest BCUT2D eigenvalue weighted by atomic mass is 10.1. The molecule has 0 unspecified atom stereocenters. The van der Waals surface area contributed by atoms with Crippen LogP contribution in [-0.4, -0.2) is 41.8 Å². The van der Waals surface area contributed by atoms with Crippen molar-refractivity contribution in [3.8, 4) is 0 Å². The van der Waals surface area contributed by atoms with Gasteiger partial charge in [0.05, 0.1) is 0 Å². The van der Waals surface area contributed by atoms with Crippen LogP contribution in [0.4, 0.5) is 18.0 Å². The van der Waals surface area contributed by atoms with Crippen LogP contribution in [0.25, 0.3) is 0 Å². The molecule has 0 aliphatic heterocycles. The van der Waals surface area contributed by atoms with Crippen LogP contribution in [0.15, 0.2) is 0 Å². The normalized spacial score (nSPS) is 12.5. The van der Waals surface area contributed by atoms with Crippen LogP contribution in [-0.2, 0) is 9.59 Å². The Hall–Kier alpha value is -2.00. The number of hydrogen-bond donors (Lipinski definition) is 4. The fourth-order valence-electron chi connectivity index (χ4n) is 1.41. The molecule has 0 saturated carbocycles. The van der Waals surface area contributed by atoms with E-state index in [2.05, 4.69) is 10.6 Å². The van der Waals surface area contributed by atoms with Gasteiger partial charge in [0.1, 0.15) is 6.04 Å². The minimum atomic E-state index is -4.23. The lowest BCUT2D eigenvalue weighted by Gasteiger charge is -2.14. The van der Waals surface area contributed by atoms with E-state index in [1.807, 2.05) is 0 Å². The zero-order chi connectivity index (χ0) is 16.5. The molecule has 21 heavy (non-hydrogen) atoms. The van der Waals surface area contributed by atoms with Crippen LogP contribution in [0.5, 0.6) is 0 Å². The maximum atomic E-state index is 11.8. The Morgan fingerprint density at radius 1 is 1.19 bits per heavy atom. The average Bonchev–Trinajstić information content (AvgIpc) is 2.31. The van der Waals surface area contributed by atoms with Crippen molar-refractivity contribution in [2.24, 2.45) is 5.73 Å². The van der Waals surface area contributed by atoms with Crippen LogP contribution >= 0.6 is 0 Å². The second kappa shape index (κ2) is 9.03. The highest BCUT2D eigenvalue weighted by Crippen LogP contribution is 2.21. The minimum absolute atomic E-state index is 0.00985. The molecule has 3 amide bonds. The van der Waals surface area contributed by atoms with Gasteiger partial charge in [-0.15, -0.1) is 0 Å². The van der Waals surface area contributed by atoms with Crippen molar-refractivity contribution in [1.29, 1.82) is 0 Å². The highest BCUT2D eigenvalue weighted by molar-refractivity contribution is 5.83. The lowest BCUT2D eigenvalue weighted by Crippen LogP contribution is -2.46. The molecule has 5 N–H and O–H groups in total. The number of carboxylic acid groups (broad SMARTS) is 1. The van der Waals surface area contributed by atoms with Gasteiger partial charge in [0.15, 0.2) is 0 Å². The van der Waals surface area contributed by atoms with Crippen molar-refractivity contribution >= 4 is 17.9 Å². The Bertz CT molecular complexity index is 374. The molecule has 0 aromatic heterocycles. The third-order valence-electron chi connectivity index (χ3n) is 2.46. The summed E-state index contributed by atoms with van der Waals surface area (Å²) in [6.07, 6.45) is -5.55. The molecule has 122 valence electrons. The van der Waals surface area contributed by atoms with Crippen LogP contribution < -0.4 is 16.4 Å². The molecule has 0 aromatic carbocycles. The van der Waals surface area contributed by atoms with E-state index in [1.54, 1.807) is 0 Å². The molecule has 0 radical (unpaired) electrons. The SMILES string of the molecule is NC(=O)CC[C@@H](NC(=O)NCCCCC(F)(F)F)C(=O)O. The Morgan fingerprint density at radius 3 is 2.29 bits per heavy atom. The van der Waals surface area contributed by atoms with Gasteiger partial charge in [-0.3, -0.25) is 4.79 Å². The first-order valence-electron chi connectivity index (χ1n) is 6.24. The summed E-state index contributed by atoms with van der Waals surface area (Å²) in [5, 5.41) is 13.2. The van der Waals surface area contributed by atoms with Crippen molar-refractivity contribution in [2.75, 3.05) is 6.54 Å². The fourth-order valence-corrected chi connectivity index (χ4v) is 1.41. The molecule has 0 aromatic rings. The summed E-state index contributed by atoms with van der Waals surface area (Å²) in [6.45, 7) is -0.00985. The number of nitrogens with two attached hydrogens (primary N) is 1. The first-order chi connectivity index (χ1) is 9.61. The van der Waals surface area contributed by atoms with Gasteiger partial charge in [-0.25, -0.2) is 9.59 Å². The van der Waals surface area contributed by atoms with Gasteiger partial charge in [-0.2, -0.15) is 13.2 Å². The first kappa shape index (κ1) is 19.0. The van der Waals surface area contributed by atoms with Gasteiger partial charge in [0.25, 0.3) is 0 Å². The number of rotatable bonds is 9. The van der Waals surface area contributed by atoms with Crippen molar-refractivity contribution in [1.82, 2.24) is 10.6 Å². The number of aliphatic carboxylic acids is 1. The zero-order valence-corrected chi connectivity index (χ0v) is 11.2. The van der Waals surface area contributed by atoms with Gasteiger partial charge in [-0.1, -0.05) is 0 Å². The molecule has 10 heteroatoms. The van der Waals surface area contributed by atoms with E-state index >= 15 is 0 Å². The standard InChI is InChI=1S/C11H18F3N3O4/c12-11(13,14)5-1-2-6-16-10(21)17-7(9(19)20)3-4-8(15)18/h7H,1-6H2,(H2,15,18)(H,19,20)(H2,16,17,21)/t7-/m1/s1. The van der Waals surface area contributed by atoms with Crippen molar-refractivity contribution in [3.63, 3.8) is 0 Å². The quantitative estimate of drug-likeness (QED) is 0.469. The highest BCUT2D eigenvalue weighted by atomic mass is 19.4. The molecular formula is C11H18F3N3O4. The molecule has 0 aliphatic carbocycles. The Labute approximate surface area is 119 Å². The molecule has 0 spiro atoms. The summed E-state index contributed by atoms with van der Waals surface area (Å²) < 4.78 is 35.5. The third kappa shape index (κ3) is 11.5. The molecular weight excluding hydrogens is 295 g/mol. The van der Waals surface area contributed by atoms with Crippen LogP contribution in [0.2, 0.25) is 0 Å². The van der Waals surface area contributed by atoms with E-state index in [0.29, 0.717) is 0 Å². The molecule has 7 nitrogen and oxygen atoms in total. The second-order valence-electron chi connectivity index (χ2n) is 4.37. The van der Waals surface area contributed by atoms with E-state index in [4.69, 9.17) is 10.8 Å². The molecule has 0 fully saturated rings. The van der Waals surface area contributed by atoms with E-state index in [9.17, 15) is 27.6 Å². The van der Waals surface area contributed by atoms with Crippen LogP contribution in [0, 0.1) is 0 Å². The van der Waals surface area contributed by atoms with Crippen LogP contribution in [0.3, 0.4) is 0 Å². The molecule has 0 heterocycles. The second-order valence-corrected chi connectivity index (χ2v) is 4.37. The number of urea groups is 1. The van der Waals surface area contributed by atoms with Crippen molar-refractivity contribution in [3.05, 3.63) is 0 Å². The zero-order valence-electron chi connectivity index (χ0n) is 11.2. The van der Waals surface area contributed by atoms with E-state index < -0.39 is 36.5 Å². The van der Waals surface area contributed by atoms with Crippen molar-refractivity contribution < 1.29 is 32.7 Å². The number of hydrogen-bond acceptors (Lipinski definition) is 3. The number of unbranched alkanes of at least 4 members (excludes halogenated alkanes) is 1. The number of carboxylic acids is 1. The monoisotopic (exact) mass is 313 g/mol. The Morgan fingerprint density at radius 2 is 1.81 bits per heavy atom. The van der Waals surface area contributed by atoms with E-state index in [-0.39, 0.29) is 32.2 Å². The Balaban J connectivity index is 3.93. The van der Waals surface area contributed by atoms with Gasteiger partial charge in [0.2, 0.25) is 5.91 Å².